The molecule has 18 heavy (non-hydrogen) atoms. The Morgan fingerprint density at radius 3 is 2.61 bits per heavy atom. The molecule has 0 amide bonds. The molecule has 0 radical (unpaired) electrons. The van der Waals surface area contributed by atoms with Gasteiger partial charge < -0.3 is 9.47 Å². The highest BCUT2D eigenvalue weighted by Crippen LogP contribution is 2.55. The Hall–Kier alpha value is -1.69. The molecule has 1 heterocycles. The van der Waals surface area contributed by atoms with Crippen LogP contribution in [0, 0.1) is 22.2 Å². The summed E-state index contributed by atoms with van der Waals surface area (Å²) in [6.07, 6.45) is 4.25. The zero-order chi connectivity index (χ0) is 13.6. The molecular formula is C15H19NO2. The van der Waals surface area contributed by atoms with Gasteiger partial charge in [0.2, 0.25) is 0 Å². The van der Waals surface area contributed by atoms with Gasteiger partial charge in [-0.2, -0.15) is 5.26 Å². The van der Waals surface area contributed by atoms with Crippen LogP contribution in [-0.2, 0) is 9.47 Å². The quantitative estimate of drug-likeness (QED) is 0.745. The molecule has 0 atom stereocenters. The first-order chi connectivity index (χ1) is 8.33. The largest absolute Gasteiger partial charge is 0.493 e. The van der Waals surface area contributed by atoms with Crippen molar-refractivity contribution in [3.8, 4) is 6.07 Å². The first kappa shape index (κ1) is 12.8. The topological polar surface area (TPSA) is 42.2 Å². The standard InChI is InChI=1S/C15H19NO2/c1-14(2)6-10-7-18-8-11(17-5)12(10)13(14)15(3,4)9-16/h7-8H,6H2,1-5H3. The molecule has 3 heteroatoms. The Kier molecular flexibility index (Phi) is 2.77. The third kappa shape index (κ3) is 1.73. The van der Waals surface area contributed by atoms with Gasteiger partial charge in [0.25, 0.3) is 0 Å². The highest BCUT2D eigenvalue weighted by Gasteiger charge is 2.45. The fourth-order valence-electron chi connectivity index (χ4n) is 3.14. The lowest BCUT2D eigenvalue weighted by molar-refractivity contribution is 0.264. The van der Waals surface area contributed by atoms with Crippen LogP contribution in [0.15, 0.2) is 35.0 Å². The van der Waals surface area contributed by atoms with Crippen molar-refractivity contribution in [1.29, 1.82) is 5.26 Å². The van der Waals surface area contributed by atoms with Crippen LogP contribution in [0.5, 0.6) is 0 Å². The Labute approximate surface area is 108 Å². The Balaban J connectivity index is 2.69. The number of nitrogens with zero attached hydrogens (tertiary/aromatic N) is 1. The van der Waals surface area contributed by atoms with Crippen molar-refractivity contribution in [2.24, 2.45) is 10.8 Å². The van der Waals surface area contributed by atoms with Gasteiger partial charge in [0.15, 0.2) is 5.76 Å². The first-order valence-corrected chi connectivity index (χ1v) is 6.09. The summed E-state index contributed by atoms with van der Waals surface area (Å²) in [6.45, 7) is 8.26. The van der Waals surface area contributed by atoms with E-state index >= 15 is 0 Å². The van der Waals surface area contributed by atoms with E-state index < -0.39 is 5.41 Å². The summed E-state index contributed by atoms with van der Waals surface area (Å²) >= 11 is 0. The molecule has 0 fully saturated rings. The smallest absolute Gasteiger partial charge is 0.161 e. The molecule has 2 rings (SSSR count). The maximum Gasteiger partial charge on any atom is 0.161 e. The van der Waals surface area contributed by atoms with E-state index in [0.717, 1.165) is 28.9 Å². The second-order valence-electron chi connectivity index (χ2n) is 6.01. The molecule has 1 aliphatic heterocycles. The lowest BCUT2D eigenvalue weighted by Gasteiger charge is -2.31. The fourth-order valence-corrected chi connectivity index (χ4v) is 3.14. The van der Waals surface area contributed by atoms with Gasteiger partial charge in [-0.05, 0) is 36.8 Å². The molecule has 1 aliphatic carbocycles. The average molecular weight is 245 g/mol. The molecule has 2 aliphatic rings. The van der Waals surface area contributed by atoms with Crippen LogP contribution in [0.3, 0.4) is 0 Å². The number of nitriles is 1. The highest BCUT2D eigenvalue weighted by molar-refractivity contribution is 5.57. The molecule has 0 saturated heterocycles. The van der Waals surface area contributed by atoms with Crippen molar-refractivity contribution in [1.82, 2.24) is 0 Å². The molecule has 0 aromatic carbocycles. The normalized spacial score (nSPS) is 21.6. The predicted molar refractivity (Wildman–Crippen MR) is 69.1 cm³/mol. The summed E-state index contributed by atoms with van der Waals surface area (Å²) in [5.74, 6) is 0.719. The van der Waals surface area contributed by atoms with Crippen LogP contribution in [0.4, 0.5) is 0 Å². The van der Waals surface area contributed by atoms with E-state index in [1.807, 2.05) is 13.8 Å². The van der Waals surface area contributed by atoms with Gasteiger partial charge in [-0.25, -0.2) is 0 Å². The van der Waals surface area contributed by atoms with Crippen molar-refractivity contribution in [3.63, 3.8) is 0 Å². The summed E-state index contributed by atoms with van der Waals surface area (Å²) in [5, 5.41) is 9.44. The van der Waals surface area contributed by atoms with Gasteiger partial charge in [0, 0.05) is 5.57 Å². The lowest BCUT2D eigenvalue weighted by Crippen LogP contribution is -2.24. The number of hydrogen-bond acceptors (Lipinski definition) is 3. The van der Waals surface area contributed by atoms with Gasteiger partial charge in [-0.3, -0.25) is 0 Å². The van der Waals surface area contributed by atoms with E-state index in [9.17, 15) is 5.26 Å². The Morgan fingerprint density at radius 2 is 2.06 bits per heavy atom. The molecule has 0 bridgehead atoms. The van der Waals surface area contributed by atoms with Gasteiger partial charge in [-0.15, -0.1) is 0 Å². The van der Waals surface area contributed by atoms with E-state index in [1.165, 1.54) is 0 Å². The van der Waals surface area contributed by atoms with Crippen molar-refractivity contribution < 1.29 is 9.47 Å². The van der Waals surface area contributed by atoms with Crippen LogP contribution in [-0.4, -0.2) is 7.11 Å². The molecule has 0 spiro atoms. The second-order valence-corrected chi connectivity index (χ2v) is 6.01. The monoisotopic (exact) mass is 245 g/mol. The van der Waals surface area contributed by atoms with Gasteiger partial charge in [0.05, 0.1) is 24.9 Å². The van der Waals surface area contributed by atoms with Crippen LogP contribution in [0.1, 0.15) is 34.1 Å². The zero-order valence-electron chi connectivity index (χ0n) is 11.6. The molecule has 0 aromatic heterocycles. The van der Waals surface area contributed by atoms with Crippen LogP contribution in [0.2, 0.25) is 0 Å². The van der Waals surface area contributed by atoms with E-state index in [4.69, 9.17) is 9.47 Å². The lowest BCUT2D eigenvalue weighted by atomic mass is 9.71. The molecule has 96 valence electrons. The van der Waals surface area contributed by atoms with Crippen molar-refractivity contribution in [3.05, 3.63) is 35.0 Å². The maximum absolute atomic E-state index is 9.44. The van der Waals surface area contributed by atoms with E-state index in [2.05, 4.69) is 19.9 Å². The minimum atomic E-state index is -0.511. The summed E-state index contributed by atoms with van der Waals surface area (Å²) in [7, 11) is 1.63. The van der Waals surface area contributed by atoms with Crippen molar-refractivity contribution in [2.75, 3.05) is 7.11 Å². The fraction of sp³-hybridized carbons (Fsp3) is 0.533. The van der Waals surface area contributed by atoms with Crippen molar-refractivity contribution >= 4 is 0 Å². The highest BCUT2D eigenvalue weighted by atomic mass is 16.5. The molecule has 0 unspecified atom stereocenters. The SMILES string of the molecule is COC1=COC=C2CC(C)(C)C(C(C)(C)C#N)=C21. The van der Waals surface area contributed by atoms with Gasteiger partial charge in [0.1, 0.15) is 6.26 Å². The van der Waals surface area contributed by atoms with Crippen LogP contribution >= 0.6 is 0 Å². The first-order valence-electron chi connectivity index (χ1n) is 6.09. The van der Waals surface area contributed by atoms with E-state index in [1.54, 1.807) is 19.6 Å². The van der Waals surface area contributed by atoms with Crippen LogP contribution < -0.4 is 0 Å². The number of rotatable bonds is 2. The van der Waals surface area contributed by atoms with Gasteiger partial charge >= 0.3 is 0 Å². The minimum absolute atomic E-state index is 0.0499. The number of allylic oxidation sites excluding steroid dienone is 2. The predicted octanol–water partition coefficient (Wildman–Crippen LogP) is 3.66. The van der Waals surface area contributed by atoms with Crippen molar-refractivity contribution in [2.45, 2.75) is 34.1 Å². The summed E-state index contributed by atoms with van der Waals surface area (Å²) in [5.41, 5.74) is 2.76. The summed E-state index contributed by atoms with van der Waals surface area (Å²) in [6, 6.07) is 2.41. The summed E-state index contributed by atoms with van der Waals surface area (Å²) in [4.78, 5) is 0. The maximum atomic E-state index is 9.44. The Bertz CT molecular complexity index is 513. The second kappa shape index (κ2) is 3.91. The number of methoxy groups -OCH3 is 1. The molecular weight excluding hydrogens is 226 g/mol. The number of fused-ring (bicyclic) bond motifs is 1. The minimum Gasteiger partial charge on any atom is -0.493 e. The molecule has 0 N–H and O–H groups in total. The summed E-state index contributed by atoms with van der Waals surface area (Å²) < 4.78 is 10.7. The van der Waals surface area contributed by atoms with Gasteiger partial charge in [-0.1, -0.05) is 13.8 Å². The molecule has 0 aromatic rings. The zero-order valence-corrected chi connectivity index (χ0v) is 11.6. The number of hydrogen-bond donors (Lipinski definition) is 0. The Morgan fingerprint density at radius 1 is 1.39 bits per heavy atom. The third-order valence-corrected chi connectivity index (χ3v) is 3.64. The van der Waals surface area contributed by atoms with Crippen LogP contribution in [0.25, 0.3) is 0 Å². The number of ether oxygens (including phenoxy) is 2. The average Bonchev–Trinajstić information content (AvgIpc) is 2.58. The van der Waals surface area contributed by atoms with E-state index in [-0.39, 0.29) is 5.41 Å². The molecule has 3 nitrogen and oxygen atoms in total. The third-order valence-electron chi connectivity index (χ3n) is 3.64. The van der Waals surface area contributed by atoms with E-state index in [0.29, 0.717) is 0 Å². The molecule has 0 saturated carbocycles.